The smallest absolute Gasteiger partial charge is 0.244 e. The third-order valence-electron chi connectivity index (χ3n) is 17.5. The molecular formula is C72H147O2PS2. The van der Waals surface area contributed by atoms with Crippen LogP contribution in [0, 0.1) is 0 Å². The van der Waals surface area contributed by atoms with Crippen LogP contribution in [0.3, 0.4) is 0 Å². The average Bonchev–Trinajstić information content (AvgIpc) is 3.43. The number of hydrogen-bond acceptors (Lipinski definition) is 3. The van der Waals surface area contributed by atoms with Gasteiger partial charge in [0.1, 0.15) is 0 Å². The average molecular weight is 1140 g/mol. The second-order valence-electron chi connectivity index (χ2n) is 25.5. The SMILES string of the molecule is CCCCCCCCCCCCCCCCCCCCCCCCCCCCCCCCCCCCOP(=S)(S)OCCCCCCCCCCCCCCCCCCCCCCCCCCCCCCCCCCCC. The van der Waals surface area contributed by atoms with Crippen LogP contribution in [-0.4, -0.2) is 13.2 Å². The Bertz CT molecular complexity index is 993. The molecule has 5 heteroatoms. The monoisotopic (exact) mass is 1140 g/mol. The second kappa shape index (κ2) is 71.2. The first kappa shape index (κ1) is 77.9. The molecule has 0 spiro atoms. The summed E-state index contributed by atoms with van der Waals surface area (Å²) in [5.41, 5.74) is -2.37. The predicted octanol–water partition coefficient (Wildman–Crippen LogP) is 28.7. The third kappa shape index (κ3) is 73.0. The second-order valence-corrected chi connectivity index (χ2v) is 30.8. The summed E-state index contributed by atoms with van der Waals surface area (Å²) in [4.78, 5) is 0. The van der Waals surface area contributed by atoms with Crippen molar-refractivity contribution in [3.63, 3.8) is 0 Å². The predicted molar refractivity (Wildman–Crippen MR) is 360 cm³/mol. The van der Waals surface area contributed by atoms with Gasteiger partial charge in [0, 0.05) is 0 Å². The molecule has 77 heavy (non-hydrogen) atoms. The van der Waals surface area contributed by atoms with Crippen LogP contribution in [0.1, 0.15) is 450 Å². The molecule has 0 aromatic heterocycles. The molecule has 0 saturated heterocycles. The van der Waals surface area contributed by atoms with E-state index in [0.29, 0.717) is 13.2 Å². The lowest BCUT2D eigenvalue weighted by Crippen LogP contribution is -1.96. The van der Waals surface area contributed by atoms with Gasteiger partial charge in [0.15, 0.2) is 0 Å². The lowest BCUT2D eigenvalue weighted by atomic mass is 10.0. The quantitative estimate of drug-likeness (QED) is 0.0372. The molecule has 0 aliphatic carbocycles. The summed E-state index contributed by atoms with van der Waals surface area (Å²) in [5.74, 6) is 0. The Morgan fingerprint density at radius 1 is 0.182 bits per heavy atom. The summed E-state index contributed by atoms with van der Waals surface area (Å²) in [6, 6.07) is 0. The van der Waals surface area contributed by atoms with Gasteiger partial charge >= 0.3 is 0 Å². The standard InChI is InChI=1S/C72H147O2PS2/c1-3-5-7-9-11-13-15-17-19-21-23-25-27-29-31-33-35-37-39-41-43-45-47-49-51-53-55-57-59-61-63-65-67-69-71-73-75(76,77)74-72-70-68-66-64-62-60-58-56-54-52-50-48-46-44-42-40-38-36-34-32-30-28-26-24-22-20-18-16-14-12-10-8-6-4-2/h3-72H2,1-2H3,(H,76,77). The molecular weight excluding hydrogens is 992 g/mol. The maximum absolute atomic E-state index is 5.94. The largest absolute Gasteiger partial charge is 0.322 e. The fraction of sp³-hybridized carbons (Fsp3) is 1.00. The van der Waals surface area contributed by atoms with E-state index in [-0.39, 0.29) is 0 Å². The lowest BCUT2D eigenvalue weighted by molar-refractivity contribution is 0.249. The molecule has 0 heterocycles. The van der Waals surface area contributed by atoms with Gasteiger partial charge in [-0.1, -0.05) is 450 Å². The van der Waals surface area contributed by atoms with Crippen LogP contribution in [0.5, 0.6) is 0 Å². The van der Waals surface area contributed by atoms with Crippen molar-refractivity contribution in [3.8, 4) is 0 Å². The molecule has 0 unspecified atom stereocenters. The van der Waals surface area contributed by atoms with Crippen molar-refractivity contribution in [1.82, 2.24) is 0 Å². The molecule has 0 aliphatic rings. The van der Waals surface area contributed by atoms with Crippen LogP contribution in [0.15, 0.2) is 0 Å². The minimum Gasteiger partial charge on any atom is -0.322 e. The third-order valence-corrected chi connectivity index (χ3v) is 19.8. The van der Waals surface area contributed by atoms with E-state index in [1.807, 2.05) is 0 Å². The van der Waals surface area contributed by atoms with E-state index in [1.54, 1.807) is 0 Å². The summed E-state index contributed by atoms with van der Waals surface area (Å²) >= 11 is 10.2. The van der Waals surface area contributed by atoms with Gasteiger partial charge in [0.2, 0.25) is 5.69 Å². The van der Waals surface area contributed by atoms with Crippen molar-refractivity contribution >= 4 is 29.7 Å². The van der Waals surface area contributed by atoms with E-state index in [0.717, 1.165) is 12.8 Å². The highest BCUT2D eigenvalue weighted by Crippen LogP contribution is 2.53. The zero-order valence-electron chi connectivity index (χ0n) is 53.6. The summed E-state index contributed by atoms with van der Waals surface area (Å²) in [5, 5.41) is 0. The molecule has 0 amide bonds. The van der Waals surface area contributed by atoms with Gasteiger partial charge in [-0.3, -0.25) is 0 Å². The normalized spacial score (nSPS) is 12.0. The Balaban J connectivity index is 3.21. The van der Waals surface area contributed by atoms with E-state index in [9.17, 15) is 0 Å². The summed E-state index contributed by atoms with van der Waals surface area (Å²) in [6.45, 7) is 6.04. The molecule has 464 valence electrons. The number of thiol groups is 1. The first-order chi connectivity index (χ1) is 38.1. The van der Waals surface area contributed by atoms with E-state index in [4.69, 9.17) is 20.9 Å². The zero-order chi connectivity index (χ0) is 55.4. The molecule has 2 nitrogen and oxygen atoms in total. The first-order valence-electron chi connectivity index (χ1n) is 36.7. The van der Waals surface area contributed by atoms with E-state index in [1.165, 1.54) is 424 Å². The number of hydrogen-bond donors (Lipinski definition) is 1. The van der Waals surface area contributed by atoms with Gasteiger partial charge in [-0.25, -0.2) is 0 Å². The van der Waals surface area contributed by atoms with Crippen molar-refractivity contribution < 1.29 is 9.05 Å². The maximum atomic E-state index is 5.94. The number of unbranched alkanes of at least 4 members (excludes halogenated alkanes) is 66. The van der Waals surface area contributed by atoms with Crippen LogP contribution in [-0.2, 0) is 20.9 Å². The van der Waals surface area contributed by atoms with Crippen LogP contribution in [0.2, 0.25) is 0 Å². The van der Waals surface area contributed by atoms with Gasteiger partial charge in [0.25, 0.3) is 0 Å². The molecule has 0 aromatic carbocycles. The summed E-state index contributed by atoms with van der Waals surface area (Å²) in [6.07, 6.45) is 98.0. The molecule has 0 aliphatic heterocycles. The van der Waals surface area contributed by atoms with E-state index in [2.05, 4.69) is 26.1 Å². The van der Waals surface area contributed by atoms with Crippen LogP contribution in [0.25, 0.3) is 0 Å². The highest BCUT2D eigenvalue weighted by molar-refractivity contribution is 8.60. The Morgan fingerprint density at radius 3 is 0.377 bits per heavy atom. The fourth-order valence-corrected chi connectivity index (χ4v) is 13.8. The Labute approximate surface area is 499 Å². The molecule has 0 radical (unpaired) electrons. The van der Waals surface area contributed by atoms with Crippen molar-refractivity contribution in [2.45, 2.75) is 450 Å². The molecule has 0 aromatic rings. The van der Waals surface area contributed by atoms with Crippen molar-refractivity contribution in [2.75, 3.05) is 13.2 Å². The van der Waals surface area contributed by atoms with Gasteiger partial charge in [-0.15, -0.1) is 0 Å². The Hall–Kier alpha value is 0.920. The molecule has 0 rings (SSSR count). The Kier molecular flexibility index (Phi) is 72.0. The molecule has 0 N–H and O–H groups in total. The van der Waals surface area contributed by atoms with Crippen LogP contribution >= 0.6 is 17.9 Å². The first-order valence-corrected chi connectivity index (χ1v) is 40.5. The highest BCUT2D eigenvalue weighted by Gasteiger charge is 2.12. The topological polar surface area (TPSA) is 18.5 Å². The molecule has 0 fully saturated rings. The Morgan fingerprint density at radius 2 is 0.273 bits per heavy atom. The minimum absolute atomic E-state index is 0.708. The molecule has 0 saturated carbocycles. The highest BCUT2D eigenvalue weighted by atomic mass is 32.9. The van der Waals surface area contributed by atoms with E-state index >= 15 is 0 Å². The van der Waals surface area contributed by atoms with Crippen molar-refractivity contribution in [1.29, 1.82) is 0 Å². The summed E-state index contributed by atoms with van der Waals surface area (Å²) in [7, 11) is 0. The van der Waals surface area contributed by atoms with E-state index < -0.39 is 5.69 Å². The van der Waals surface area contributed by atoms with Crippen molar-refractivity contribution in [3.05, 3.63) is 0 Å². The summed E-state index contributed by atoms with van der Waals surface area (Å²) < 4.78 is 11.9. The van der Waals surface area contributed by atoms with Gasteiger partial charge < -0.3 is 9.05 Å². The number of rotatable bonds is 72. The zero-order valence-corrected chi connectivity index (χ0v) is 56.2. The van der Waals surface area contributed by atoms with Gasteiger partial charge in [0.05, 0.1) is 13.2 Å². The fourth-order valence-electron chi connectivity index (χ4n) is 12.1. The lowest BCUT2D eigenvalue weighted by Gasteiger charge is -2.16. The van der Waals surface area contributed by atoms with Gasteiger partial charge in [-0.05, 0) is 24.6 Å². The minimum atomic E-state index is -2.37. The maximum Gasteiger partial charge on any atom is 0.244 e. The molecule has 0 atom stereocenters. The van der Waals surface area contributed by atoms with Crippen molar-refractivity contribution in [2.24, 2.45) is 0 Å². The van der Waals surface area contributed by atoms with Gasteiger partial charge in [-0.2, -0.15) is 0 Å². The van der Waals surface area contributed by atoms with Crippen LogP contribution in [0.4, 0.5) is 0 Å². The molecule has 0 bridgehead atoms. The van der Waals surface area contributed by atoms with Crippen LogP contribution < -0.4 is 0 Å².